The molecule has 0 radical (unpaired) electrons. The van der Waals surface area contributed by atoms with Crippen molar-refractivity contribution in [1.82, 2.24) is 5.32 Å². The number of benzene rings is 1. The van der Waals surface area contributed by atoms with E-state index in [1.165, 1.54) is 0 Å². The summed E-state index contributed by atoms with van der Waals surface area (Å²) in [5.74, 6) is -0.553. The van der Waals surface area contributed by atoms with Gasteiger partial charge >= 0.3 is 6.18 Å². The summed E-state index contributed by atoms with van der Waals surface area (Å²) < 4.78 is 52.2. The van der Waals surface area contributed by atoms with Gasteiger partial charge in [0.15, 0.2) is 0 Å². The Labute approximate surface area is 109 Å². The fraction of sp³-hybridized carbons (Fsp3) is 0.571. The van der Waals surface area contributed by atoms with Crippen molar-refractivity contribution >= 4 is 0 Å². The summed E-state index contributed by atoms with van der Waals surface area (Å²) in [5, 5.41) is 3.18. The monoisotopic (exact) mass is 273 g/mol. The number of hydrogen-bond donors (Lipinski definition) is 1. The molecular weight excluding hydrogens is 258 g/mol. The first-order valence-corrected chi connectivity index (χ1v) is 6.45. The molecular formula is C14H15F4N. The van der Waals surface area contributed by atoms with Crippen molar-refractivity contribution < 1.29 is 17.6 Å². The van der Waals surface area contributed by atoms with Crippen LogP contribution in [0.15, 0.2) is 18.2 Å². The fourth-order valence-electron chi connectivity index (χ4n) is 3.40. The molecule has 1 aliphatic heterocycles. The summed E-state index contributed by atoms with van der Waals surface area (Å²) in [6.07, 6.45) is -2.46. The Balaban J connectivity index is 1.77. The van der Waals surface area contributed by atoms with E-state index in [1.54, 1.807) is 0 Å². The fourth-order valence-corrected chi connectivity index (χ4v) is 3.40. The van der Waals surface area contributed by atoms with E-state index in [2.05, 4.69) is 5.32 Å². The highest BCUT2D eigenvalue weighted by atomic mass is 19.4. The van der Waals surface area contributed by atoms with Crippen LogP contribution in [0.5, 0.6) is 0 Å². The van der Waals surface area contributed by atoms with Gasteiger partial charge in [0, 0.05) is 18.7 Å². The van der Waals surface area contributed by atoms with Crippen LogP contribution in [-0.4, -0.2) is 13.1 Å². The van der Waals surface area contributed by atoms with Gasteiger partial charge in [-0.3, -0.25) is 0 Å². The molecule has 104 valence electrons. The van der Waals surface area contributed by atoms with E-state index in [0.29, 0.717) is 5.41 Å². The molecule has 0 unspecified atom stereocenters. The quantitative estimate of drug-likeness (QED) is 0.814. The number of alkyl halides is 3. The lowest BCUT2D eigenvalue weighted by atomic mass is 9.57. The molecule has 1 aromatic rings. The predicted octanol–water partition coefficient (Wildman–Crippen LogP) is 3.39. The molecule has 1 heterocycles. The van der Waals surface area contributed by atoms with E-state index in [9.17, 15) is 17.6 Å². The van der Waals surface area contributed by atoms with Crippen LogP contribution in [0.25, 0.3) is 0 Å². The lowest BCUT2D eigenvalue weighted by Crippen LogP contribution is -2.60. The maximum Gasteiger partial charge on any atom is 0.416 e. The van der Waals surface area contributed by atoms with Gasteiger partial charge < -0.3 is 5.32 Å². The summed E-state index contributed by atoms with van der Waals surface area (Å²) in [6, 6.07) is 3.21. The topological polar surface area (TPSA) is 12.0 Å². The van der Waals surface area contributed by atoms with Crippen LogP contribution < -0.4 is 5.32 Å². The molecule has 0 amide bonds. The zero-order valence-corrected chi connectivity index (χ0v) is 10.4. The Hall–Kier alpha value is -1.10. The third-order valence-corrected chi connectivity index (χ3v) is 4.36. The van der Waals surface area contributed by atoms with E-state index in [1.807, 2.05) is 0 Å². The highest BCUT2D eigenvalue weighted by molar-refractivity contribution is 5.32. The van der Waals surface area contributed by atoms with E-state index in [0.717, 1.165) is 44.1 Å². The van der Waals surface area contributed by atoms with Gasteiger partial charge in [-0.2, -0.15) is 13.2 Å². The molecule has 1 N–H and O–H groups in total. The molecule has 1 nitrogen and oxygen atoms in total. The number of hydrogen-bond acceptors (Lipinski definition) is 1. The van der Waals surface area contributed by atoms with Gasteiger partial charge in [0.1, 0.15) is 5.82 Å². The normalized spacial score (nSPS) is 22.1. The first-order valence-electron chi connectivity index (χ1n) is 6.45. The molecule has 5 heteroatoms. The second-order valence-corrected chi connectivity index (χ2v) is 5.85. The molecule has 3 rings (SSSR count). The second-order valence-electron chi connectivity index (χ2n) is 5.85. The predicted molar refractivity (Wildman–Crippen MR) is 63.1 cm³/mol. The summed E-state index contributed by atoms with van der Waals surface area (Å²) >= 11 is 0. The Kier molecular flexibility index (Phi) is 2.85. The number of rotatable bonds is 2. The third-order valence-electron chi connectivity index (χ3n) is 4.36. The van der Waals surface area contributed by atoms with Crippen molar-refractivity contribution in [3.8, 4) is 0 Å². The molecule has 1 spiro atoms. The van der Waals surface area contributed by atoms with Crippen LogP contribution in [-0.2, 0) is 12.6 Å². The van der Waals surface area contributed by atoms with Crippen LogP contribution in [0.4, 0.5) is 17.6 Å². The van der Waals surface area contributed by atoms with Crippen molar-refractivity contribution in [2.75, 3.05) is 13.1 Å². The summed E-state index contributed by atoms with van der Waals surface area (Å²) in [6.45, 7) is 1.90. The third kappa shape index (κ3) is 2.24. The minimum absolute atomic E-state index is 0.165. The molecule has 0 atom stereocenters. The molecule has 1 saturated carbocycles. The Morgan fingerprint density at radius 1 is 1.21 bits per heavy atom. The smallest absolute Gasteiger partial charge is 0.316 e. The van der Waals surface area contributed by atoms with Gasteiger partial charge in [0.2, 0.25) is 0 Å². The Bertz CT molecular complexity index is 483. The molecule has 0 bridgehead atoms. The molecule has 1 aromatic carbocycles. The summed E-state index contributed by atoms with van der Waals surface area (Å²) in [7, 11) is 0. The molecule has 1 aliphatic carbocycles. The van der Waals surface area contributed by atoms with Gasteiger partial charge in [-0.1, -0.05) is 6.07 Å². The maximum absolute atomic E-state index is 13.7. The van der Waals surface area contributed by atoms with Crippen LogP contribution in [0, 0.1) is 17.2 Å². The van der Waals surface area contributed by atoms with Gasteiger partial charge in [0.25, 0.3) is 0 Å². The maximum atomic E-state index is 13.7. The average molecular weight is 273 g/mol. The summed E-state index contributed by atoms with van der Waals surface area (Å²) in [5.41, 5.74) is -0.684. The highest BCUT2D eigenvalue weighted by Gasteiger charge is 2.48. The SMILES string of the molecule is Fc1cccc(C(F)(F)F)c1CC1CC2(CNC2)C1. The van der Waals surface area contributed by atoms with Crippen LogP contribution in [0.1, 0.15) is 24.0 Å². The Morgan fingerprint density at radius 2 is 1.89 bits per heavy atom. The standard InChI is InChI=1S/C14H15F4N/c15-12-3-1-2-11(14(16,17)18)10(12)4-9-5-13(6-9)7-19-8-13/h1-3,9,19H,4-8H2. The van der Waals surface area contributed by atoms with Gasteiger partial charge in [0.05, 0.1) is 5.56 Å². The second kappa shape index (κ2) is 4.20. The molecule has 19 heavy (non-hydrogen) atoms. The molecule has 1 saturated heterocycles. The van der Waals surface area contributed by atoms with Crippen molar-refractivity contribution in [2.24, 2.45) is 11.3 Å². The molecule has 0 aromatic heterocycles. The lowest BCUT2D eigenvalue weighted by Gasteiger charge is -2.54. The van der Waals surface area contributed by atoms with E-state index < -0.39 is 17.6 Å². The molecule has 2 fully saturated rings. The first kappa shape index (κ1) is 12.9. The van der Waals surface area contributed by atoms with Crippen molar-refractivity contribution in [3.05, 3.63) is 35.1 Å². The summed E-state index contributed by atoms with van der Waals surface area (Å²) in [4.78, 5) is 0. The zero-order chi connectivity index (χ0) is 13.7. The lowest BCUT2D eigenvalue weighted by molar-refractivity contribution is -0.138. The van der Waals surface area contributed by atoms with E-state index in [-0.39, 0.29) is 17.9 Å². The number of nitrogens with one attached hydrogen (secondary N) is 1. The van der Waals surface area contributed by atoms with Crippen molar-refractivity contribution in [1.29, 1.82) is 0 Å². The van der Waals surface area contributed by atoms with Crippen molar-refractivity contribution in [3.63, 3.8) is 0 Å². The van der Waals surface area contributed by atoms with E-state index >= 15 is 0 Å². The van der Waals surface area contributed by atoms with E-state index in [4.69, 9.17) is 0 Å². The average Bonchev–Trinajstić information content (AvgIpc) is 2.20. The highest BCUT2D eigenvalue weighted by Crippen LogP contribution is 2.50. The minimum Gasteiger partial charge on any atom is -0.316 e. The van der Waals surface area contributed by atoms with Gasteiger partial charge in [-0.25, -0.2) is 4.39 Å². The van der Waals surface area contributed by atoms with Crippen LogP contribution in [0.3, 0.4) is 0 Å². The first-order chi connectivity index (χ1) is 8.90. The minimum atomic E-state index is -4.48. The Morgan fingerprint density at radius 3 is 2.42 bits per heavy atom. The zero-order valence-electron chi connectivity index (χ0n) is 10.4. The van der Waals surface area contributed by atoms with Crippen molar-refractivity contribution in [2.45, 2.75) is 25.4 Å². The van der Waals surface area contributed by atoms with Crippen LogP contribution in [0.2, 0.25) is 0 Å². The number of halogens is 4. The van der Waals surface area contributed by atoms with Gasteiger partial charge in [-0.15, -0.1) is 0 Å². The van der Waals surface area contributed by atoms with Crippen LogP contribution >= 0.6 is 0 Å². The molecule has 2 aliphatic rings. The van der Waals surface area contributed by atoms with Gasteiger partial charge in [-0.05, 0) is 42.7 Å². The largest absolute Gasteiger partial charge is 0.416 e.